The van der Waals surface area contributed by atoms with Crippen molar-refractivity contribution in [3.05, 3.63) is 93.5 Å². The number of anilines is 1. The number of rotatable bonds is 22. The van der Waals surface area contributed by atoms with Gasteiger partial charge in [-0.3, -0.25) is 24.2 Å². The number of aromatic carboxylic acids is 1. The molecule has 2 aromatic rings. The average Bonchev–Trinajstić information content (AvgIpc) is 3.83. The van der Waals surface area contributed by atoms with Gasteiger partial charge in [0.2, 0.25) is 27.7 Å². The summed E-state index contributed by atoms with van der Waals surface area (Å²) in [5.41, 5.74) is 12.2. The number of nitrogens with two attached hydrogens (primary N) is 2. The highest BCUT2D eigenvalue weighted by atomic mass is 32.2. The molecule has 0 radical (unpaired) electrons. The van der Waals surface area contributed by atoms with Crippen molar-refractivity contribution in [2.75, 3.05) is 31.5 Å². The summed E-state index contributed by atoms with van der Waals surface area (Å²) in [5.74, 6) is -4.50. The van der Waals surface area contributed by atoms with Crippen molar-refractivity contribution in [2.24, 2.45) is 22.4 Å². The van der Waals surface area contributed by atoms with Crippen molar-refractivity contribution < 1.29 is 52.1 Å². The number of aliphatic imine (C=N–C) groups is 1. The van der Waals surface area contributed by atoms with E-state index in [2.05, 4.69) is 31.6 Å². The molecule has 2 aliphatic heterocycles. The molecular formula is C48H57N9O12S2. The second-order valence-electron chi connectivity index (χ2n) is 17.2. The minimum absolute atomic E-state index is 0.0390. The van der Waals surface area contributed by atoms with E-state index in [0.29, 0.717) is 72.8 Å². The Morgan fingerprint density at radius 1 is 0.944 bits per heavy atom. The number of carbonyl (C=O) groups is 5. The summed E-state index contributed by atoms with van der Waals surface area (Å²) in [5, 5.41) is 44.8. The van der Waals surface area contributed by atoms with Crippen LogP contribution in [-0.4, -0.2) is 113 Å². The summed E-state index contributed by atoms with van der Waals surface area (Å²) in [6, 6.07) is 9.35. The van der Waals surface area contributed by atoms with Gasteiger partial charge in [0.25, 0.3) is 0 Å². The molecule has 0 saturated carbocycles. The van der Waals surface area contributed by atoms with Gasteiger partial charge in [0.15, 0.2) is 16.5 Å². The molecule has 6 rings (SSSR count). The van der Waals surface area contributed by atoms with Crippen LogP contribution in [0.25, 0.3) is 33.4 Å². The molecule has 0 spiro atoms. The minimum atomic E-state index is -4.04. The van der Waals surface area contributed by atoms with Crippen molar-refractivity contribution in [1.82, 2.24) is 25.6 Å². The molecule has 1 saturated heterocycles. The molecule has 4 atom stereocenters. The second kappa shape index (κ2) is 24.0. The number of carboxylic acids is 2. The number of aliphatic carboxylic acids is 1. The Bertz CT molecular complexity index is 2920. The Morgan fingerprint density at radius 3 is 2.44 bits per heavy atom. The third-order valence-electron chi connectivity index (χ3n) is 11.9. The van der Waals surface area contributed by atoms with Crippen LogP contribution in [0.15, 0.2) is 91.9 Å². The second-order valence-corrected chi connectivity index (χ2v) is 19.5. The first-order valence-corrected chi connectivity index (χ1v) is 24.8. The number of hydrogen-bond donors (Lipinski definition) is 10. The Labute approximate surface area is 414 Å². The predicted molar refractivity (Wildman–Crippen MR) is 270 cm³/mol. The number of hydrogen-bond acceptors (Lipinski definition) is 12. The zero-order valence-corrected chi connectivity index (χ0v) is 40.4. The lowest BCUT2D eigenvalue weighted by Crippen LogP contribution is -2.56. The first kappa shape index (κ1) is 53.0. The summed E-state index contributed by atoms with van der Waals surface area (Å²) in [6.45, 7) is 2.04. The molecule has 0 bridgehead atoms. The molecule has 23 heteroatoms. The van der Waals surface area contributed by atoms with Gasteiger partial charge >= 0.3 is 11.9 Å². The lowest BCUT2D eigenvalue weighted by molar-refractivity contribution is -0.142. The van der Waals surface area contributed by atoms with Gasteiger partial charge in [0.05, 0.1) is 10.5 Å². The third-order valence-corrected chi connectivity index (χ3v) is 14.1. The van der Waals surface area contributed by atoms with Gasteiger partial charge in [-0.25, -0.2) is 18.0 Å². The van der Waals surface area contributed by atoms with E-state index in [-0.39, 0.29) is 82.3 Å². The predicted octanol–water partition coefficient (Wildman–Crippen LogP) is 3.31. The molecule has 3 amide bonds. The number of phenolic OH excluding ortho intramolecular Hbond substituents is 1. The van der Waals surface area contributed by atoms with Gasteiger partial charge in [-0.1, -0.05) is 25.1 Å². The lowest BCUT2D eigenvalue weighted by atomic mass is 9.90. The Hall–Kier alpha value is -7.37. The molecule has 2 heterocycles. The highest BCUT2D eigenvalue weighted by Crippen LogP contribution is 2.42. The van der Waals surface area contributed by atoms with E-state index in [9.17, 15) is 52.5 Å². The van der Waals surface area contributed by atoms with Crippen LogP contribution in [0.3, 0.4) is 0 Å². The molecule has 1 unspecified atom stereocenters. The maximum atomic E-state index is 13.6. The number of carbonyl (C=O) groups excluding carboxylic acids is 3. The standard InChI is InChI=1S/C48H57N9O12S2/c1-27-10-15-31(16-11-27)71(67,68)57-22-6-8-38(57)44(62)56-37(46(65)66)26-53-43(61)36(55-41(60)9-3-5-20-51-47(49)50)7-2-4-21-52-48(70)54-28-12-17-32(35(23-28)45(63)64)42-33-18-13-29(58)24-39(33)69-40-25-30(59)14-19-34(40)42/h10,12-19,23-25,27,36-38,58H,2-9,11,20-22,26H2,1H3,(H,53,61)(H,55,60)(H,56,62)(H,63,64)(H,65,66)(H4,49,50,51)(H2,52,54,70)/t27?,36-,37-,38-/m0/s1. The van der Waals surface area contributed by atoms with Gasteiger partial charge in [-0.15, -0.1) is 0 Å². The number of aromatic hydroxyl groups is 1. The van der Waals surface area contributed by atoms with Crippen LogP contribution in [0.1, 0.15) is 75.1 Å². The van der Waals surface area contributed by atoms with Gasteiger partial charge in [-0.2, -0.15) is 4.31 Å². The number of nitrogens with zero attached hydrogens (tertiary/aromatic N) is 2. The number of allylic oxidation sites excluding steroid dienone is 3. The van der Waals surface area contributed by atoms with E-state index < -0.39 is 64.4 Å². The Morgan fingerprint density at radius 2 is 1.72 bits per heavy atom. The van der Waals surface area contributed by atoms with E-state index in [1.165, 1.54) is 36.4 Å². The molecule has 378 valence electrons. The van der Waals surface area contributed by atoms with Gasteiger partial charge < -0.3 is 57.8 Å². The highest BCUT2D eigenvalue weighted by molar-refractivity contribution is 7.93. The average molecular weight is 1020 g/mol. The van der Waals surface area contributed by atoms with Crippen molar-refractivity contribution >= 4 is 79.6 Å². The Kier molecular flexibility index (Phi) is 17.9. The largest absolute Gasteiger partial charge is 0.508 e. The highest BCUT2D eigenvalue weighted by Gasteiger charge is 2.41. The summed E-state index contributed by atoms with van der Waals surface area (Å²) in [6.07, 6.45) is 7.80. The summed E-state index contributed by atoms with van der Waals surface area (Å²) in [4.78, 5) is 81.3. The quantitative estimate of drug-likeness (QED) is 0.0177. The van der Waals surface area contributed by atoms with Crippen LogP contribution in [0.2, 0.25) is 0 Å². The minimum Gasteiger partial charge on any atom is -0.508 e. The van der Waals surface area contributed by atoms with Crippen LogP contribution in [0, 0.1) is 5.92 Å². The fourth-order valence-corrected chi connectivity index (χ4v) is 10.2. The number of phenols is 1. The molecule has 71 heavy (non-hydrogen) atoms. The normalized spacial score (nSPS) is 16.6. The molecule has 12 N–H and O–H groups in total. The van der Waals surface area contributed by atoms with Crippen LogP contribution >= 0.6 is 12.2 Å². The van der Waals surface area contributed by atoms with Crippen LogP contribution in [0.4, 0.5) is 5.69 Å². The number of unbranched alkanes of at least 4 members (excludes halogenated alkanes) is 2. The fourth-order valence-electron chi connectivity index (χ4n) is 8.28. The fraction of sp³-hybridized carbons (Fsp3) is 0.375. The van der Waals surface area contributed by atoms with Crippen LogP contribution < -0.4 is 43.5 Å². The molecular weight excluding hydrogens is 959 g/mol. The molecule has 21 nitrogen and oxygen atoms in total. The first-order chi connectivity index (χ1) is 33.8. The number of amides is 3. The van der Waals surface area contributed by atoms with E-state index in [0.717, 1.165) is 4.31 Å². The van der Waals surface area contributed by atoms with Crippen molar-refractivity contribution in [3.63, 3.8) is 0 Å². The molecule has 1 fully saturated rings. The molecule has 2 aromatic carbocycles. The molecule has 2 aliphatic carbocycles. The van der Waals surface area contributed by atoms with E-state index in [1.54, 1.807) is 36.4 Å². The van der Waals surface area contributed by atoms with E-state index >= 15 is 0 Å². The number of carboxylic acid groups (broad SMARTS) is 2. The maximum absolute atomic E-state index is 13.6. The number of thiocarbonyl (C=S) groups is 1. The Balaban J connectivity index is 1.06. The monoisotopic (exact) mass is 1020 g/mol. The van der Waals surface area contributed by atoms with E-state index in [1.807, 2.05) is 6.92 Å². The van der Waals surface area contributed by atoms with Crippen LogP contribution in [0.5, 0.6) is 5.75 Å². The smallest absolute Gasteiger partial charge is 0.336 e. The summed E-state index contributed by atoms with van der Waals surface area (Å²) in [7, 11) is -4.04. The van der Waals surface area contributed by atoms with Crippen LogP contribution in [-0.2, 0) is 29.2 Å². The van der Waals surface area contributed by atoms with Crippen molar-refractivity contribution in [2.45, 2.75) is 82.8 Å². The number of nitrogens with one attached hydrogen (secondary N) is 5. The lowest BCUT2D eigenvalue weighted by Gasteiger charge is -2.26. The summed E-state index contributed by atoms with van der Waals surface area (Å²) < 4.78 is 33.9. The van der Waals surface area contributed by atoms with Gasteiger partial charge in [0.1, 0.15) is 35.2 Å². The summed E-state index contributed by atoms with van der Waals surface area (Å²) >= 11 is 5.50. The molecule has 0 aromatic heterocycles. The van der Waals surface area contributed by atoms with Gasteiger partial charge in [0, 0.05) is 66.9 Å². The zero-order chi connectivity index (χ0) is 51.4. The SMILES string of the molecule is CC1C=CC(S(=O)(=O)N2CCC[C@H]2C(=O)N[C@@H](CNC(=O)[C@H](CCCCNC(=S)Nc2ccc(-c3c4ccc(=O)cc-4oc4cc(O)ccc34)c(C(=O)O)c2)NC(=O)CCCCN=C(N)N)C(=O)O)=CC1. The van der Waals surface area contributed by atoms with Crippen molar-refractivity contribution in [3.8, 4) is 28.2 Å². The molecule has 4 aliphatic rings. The van der Waals surface area contributed by atoms with Gasteiger partial charge in [-0.05, 0) is 118 Å². The zero-order valence-electron chi connectivity index (χ0n) is 38.8. The maximum Gasteiger partial charge on any atom is 0.336 e. The third kappa shape index (κ3) is 13.9. The number of sulfonamides is 1. The number of fused-ring (bicyclic) bond motifs is 2. The topological polar surface area (TPSA) is 338 Å². The van der Waals surface area contributed by atoms with Crippen molar-refractivity contribution in [1.29, 1.82) is 0 Å². The number of guanidine groups is 1. The first-order valence-electron chi connectivity index (χ1n) is 23.0. The number of benzene rings is 3. The van der Waals surface area contributed by atoms with E-state index in [4.69, 9.17) is 28.1 Å².